The van der Waals surface area contributed by atoms with E-state index in [1.165, 1.54) is 66.4 Å². The normalized spacial score (nSPS) is 11.8. The van der Waals surface area contributed by atoms with Crippen LogP contribution in [0, 0.1) is 0 Å². The molecule has 2 heterocycles. The summed E-state index contributed by atoms with van der Waals surface area (Å²) < 4.78 is 5.94. The molecule has 0 aliphatic rings. The van der Waals surface area contributed by atoms with Crippen molar-refractivity contribution in [2.24, 2.45) is 0 Å². The number of nitrogens with zero attached hydrogens (tertiary/aromatic N) is 1. The van der Waals surface area contributed by atoms with E-state index in [-0.39, 0.29) is 14.5 Å². The van der Waals surface area contributed by atoms with Crippen molar-refractivity contribution in [2.75, 3.05) is 4.90 Å². The molecule has 0 atom stereocenters. The SMILES string of the molecule is c1ccc(N(c2ccc3[se]c4c5ccccc5ccc4c3c2)c2cccc3c2[se]c2ccccc23)cc1. The molecule has 8 aromatic rings. The van der Waals surface area contributed by atoms with Gasteiger partial charge in [0.2, 0.25) is 0 Å². The number of hydrogen-bond donors (Lipinski definition) is 0. The molecule has 37 heavy (non-hydrogen) atoms. The second-order valence-corrected chi connectivity index (χ2v) is 13.8. The summed E-state index contributed by atoms with van der Waals surface area (Å²) in [4.78, 5) is 2.47. The predicted octanol–water partition coefficient (Wildman–Crippen LogP) is 9.04. The van der Waals surface area contributed by atoms with Crippen molar-refractivity contribution in [1.29, 1.82) is 0 Å². The molecule has 1 nitrogen and oxygen atoms in total. The molecule has 0 saturated carbocycles. The minimum atomic E-state index is 0.279. The van der Waals surface area contributed by atoms with Crippen molar-refractivity contribution in [3.8, 4) is 0 Å². The van der Waals surface area contributed by atoms with E-state index in [1.54, 1.807) is 0 Å². The van der Waals surface area contributed by atoms with Crippen LogP contribution >= 0.6 is 0 Å². The Morgan fingerprint density at radius 3 is 2.03 bits per heavy atom. The van der Waals surface area contributed by atoms with Gasteiger partial charge < -0.3 is 0 Å². The summed E-state index contributed by atoms with van der Waals surface area (Å²) >= 11 is 0.599. The zero-order chi connectivity index (χ0) is 24.3. The van der Waals surface area contributed by atoms with Crippen LogP contribution in [0.3, 0.4) is 0 Å². The molecule has 0 amide bonds. The second-order valence-electron chi connectivity index (χ2n) is 9.37. The summed E-state index contributed by atoms with van der Waals surface area (Å²) in [6.07, 6.45) is 0. The van der Waals surface area contributed by atoms with Crippen LogP contribution in [0.2, 0.25) is 0 Å². The van der Waals surface area contributed by atoms with Crippen LogP contribution in [-0.4, -0.2) is 29.0 Å². The van der Waals surface area contributed by atoms with Gasteiger partial charge in [-0.15, -0.1) is 0 Å². The average molecular weight is 601 g/mol. The van der Waals surface area contributed by atoms with Gasteiger partial charge in [-0.3, -0.25) is 0 Å². The summed E-state index contributed by atoms with van der Waals surface area (Å²) in [7, 11) is 0. The molecule has 0 radical (unpaired) electrons. The number of para-hydroxylation sites is 1. The molecule has 0 bridgehead atoms. The zero-order valence-corrected chi connectivity index (χ0v) is 23.3. The van der Waals surface area contributed by atoms with Crippen molar-refractivity contribution < 1.29 is 0 Å². The number of hydrogen-bond acceptors (Lipinski definition) is 1. The van der Waals surface area contributed by atoms with Gasteiger partial charge in [0, 0.05) is 0 Å². The third kappa shape index (κ3) is 3.36. The van der Waals surface area contributed by atoms with E-state index in [2.05, 4.69) is 132 Å². The standard InChI is InChI=1S/C34H21NSe2/c1-2-10-23(11-3-1)35(30-15-8-14-27-26-13-6-7-16-31(26)37-34(27)30)24-18-20-32-29(21-24)28-19-17-22-9-4-5-12-25(22)33(28)36-32/h1-21H. The van der Waals surface area contributed by atoms with Gasteiger partial charge in [0.05, 0.1) is 0 Å². The third-order valence-electron chi connectivity index (χ3n) is 7.24. The molecule has 0 N–H and O–H groups in total. The van der Waals surface area contributed by atoms with E-state index in [0.29, 0.717) is 14.5 Å². The number of benzene rings is 6. The maximum atomic E-state index is 2.47. The minimum absolute atomic E-state index is 0.279. The van der Waals surface area contributed by atoms with Crippen molar-refractivity contribution in [2.45, 2.75) is 0 Å². The molecule has 8 rings (SSSR count). The summed E-state index contributed by atoms with van der Waals surface area (Å²) in [5.74, 6) is 0. The Labute approximate surface area is 226 Å². The van der Waals surface area contributed by atoms with E-state index < -0.39 is 0 Å². The molecular formula is C34H21NSe2. The van der Waals surface area contributed by atoms with Crippen LogP contribution in [0.5, 0.6) is 0 Å². The fourth-order valence-corrected chi connectivity index (χ4v) is 10.6. The average Bonchev–Trinajstić information content (AvgIpc) is 3.53. The Morgan fingerprint density at radius 1 is 0.405 bits per heavy atom. The molecule has 0 aliphatic heterocycles. The topological polar surface area (TPSA) is 3.24 Å². The second kappa shape index (κ2) is 8.48. The first-order valence-electron chi connectivity index (χ1n) is 12.4. The first-order chi connectivity index (χ1) is 18.3. The molecule has 6 aromatic carbocycles. The Kier molecular flexibility index (Phi) is 4.93. The molecule has 0 fully saturated rings. The van der Waals surface area contributed by atoms with Crippen molar-refractivity contribution in [3.05, 3.63) is 127 Å². The van der Waals surface area contributed by atoms with Gasteiger partial charge in [-0.05, 0) is 0 Å². The summed E-state index contributed by atoms with van der Waals surface area (Å²) in [5, 5.41) is 8.31. The molecular weight excluding hydrogens is 580 g/mol. The fraction of sp³-hybridized carbons (Fsp3) is 0. The Balaban J connectivity index is 1.41. The van der Waals surface area contributed by atoms with Gasteiger partial charge in [-0.2, -0.15) is 0 Å². The predicted molar refractivity (Wildman–Crippen MR) is 163 cm³/mol. The van der Waals surface area contributed by atoms with Gasteiger partial charge >= 0.3 is 228 Å². The Bertz CT molecular complexity index is 2100. The first kappa shape index (κ1) is 21.5. The summed E-state index contributed by atoms with van der Waals surface area (Å²) in [6, 6.07) is 47.1. The van der Waals surface area contributed by atoms with Crippen LogP contribution in [0.4, 0.5) is 17.1 Å². The first-order valence-corrected chi connectivity index (χ1v) is 15.9. The molecule has 0 unspecified atom stereocenters. The van der Waals surface area contributed by atoms with Gasteiger partial charge in [0.25, 0.3) is 0 Å². The van der Waals surface area contributed by atoms with Crippen LogP contribution in [0.25, 0.3) is 49.4 Å². The van der Waals surface area contributed by atoms with Crippen molar-refractivity contribution >= 4 is 95.4 Å². The van der Waals surface area contributed by atoms with E-state index in [1.807, 2.05) is 0 Å². The van der Waals surface area contributed by atoms with Crippen molar-refractivity contribution in [3.63, 3.8) is 0 Å². The quantitative estimate of drug-likeness (QED) is 0.183. The maximum absolute atomic E-state index is 2.47. The van der Waals surface area contributed by atoms with E-state index in [4.69, 9.17) is 0 Å². The molecule has 0 saturated heterocycles. The van der Waals surface area contributed by atoms with Crippen LogP contribution in [-0.2, 0) is 0 Å². The summed E-state index contributed by atoms with van der Waals surface area (Å²) in [6.45, 7) is 0. The van der Waals surface area contributed by atoms with Crippen molar-refractivity contribution in [1.82, 2.24) is 0 Å². The van der Waals surface area contributed by atoms with Gasteiger partial charge in [0.15, 0.2) is 0 Å². The van der Waals surface area contributed by atoms with Gasteiger partial charge in [-0.1, -0.05) is 0 Å². The van der Waals surface area contributed by atoms with Crippen LogP contribution in [0.15, 0.2) is 127 Å². The molecule has 0 aliphatic carbocycles. The number of fused-ring (bicyclic) bond motifs is 8. The van der Waals surface area contributed by atoms with E-state index in [9.17, 15) is 0 Å². The van der Waals surface area contributed by atoms with Crippen LogP contribution in [0.1, 0.15) is 0 Å². The summed E-state index contributed by atoms with van der Waals surface area (Å²) in [5.41, 5.74) is 3.72. The number of anilines is 3. The zero-order valence-electron chi connectivity index (χ0n) is 19.9. The monoisotopic (exact) mass is 603 g/mol. The third-order valence-corrected chi connectivity index (χ3v) is 12.3. The Morgan fingerprint density at radius 2 is 1.11 bits per heavy atom. The Hall–Kier alpha value is -3.58. The molecule has 0 spiro atoms. The fourth-order valence-electron chi connectivity index (χ4n) is 5.54. The van der Waals surface area contributed by atoms with E-state index in [0.717, 1.165) is 0 Å². The molecule has 2 aromatic heterocycles. The number of rotatable bonds is 3. The van der Waals surface area contributed by atoms with Gasteiger partial charge in [0.1, 0.15) is 0 Å². The van der Waals surface area contributed by atoms with E-state index >= 15 is 0 Å². The molecule has 174 valence electrons. The van der Waals surface area contributed by atoms with Crippen LogP contribution < -0.4 is 4.90 Å². The molecule has 3 heteroatoms. The van der Waals surface area contributed by atoms with Gasteiger partial charge in [-0.25, -0.2) is 0 Å².